The monoisotopic (exact) mass is 440 g/mol. The summed E-state index contributed by atoms with van der Waals surface area (Å²) < 4.78 is 29.7. The normalized spacial score (nSPS) is 18.1. The van der Waals surface area contributed by atoms with E-state index in [0.717, 1.165) is 17.8 Å². The zero-order chi connectivity index (χ0) is 22.6. The zero-order valence-electron chi connectivity index (χ0n) is 17.9. The minimum absolute atomic E-state index is 0.00754. The Morgan fingerprint density at radius 1 is 1.12 bits per heavy atom. The number of piperazine rings is 1. The number of nitrogens with zero attached hydrogens (tertiary/aromatic N) is 6. The van der Waals surface area contributed by atoms with Crippen molar-refractivity contribution in [1.82, 2.24) is 24.6 Å². The maximum absolute atomic E-state index is 14.7. The summed E-state index contributed by atoms with van der Waals surface area (Å²) in [4.78, 5) is 12.6. The summed E-state index contributed by atoms with van der Waals surface area (Å²) >= 11 is 0. The van der Waals surface area contributed by atoms with E-state index in [1.54, 1.807) is 0 Å². The fourth-order valence-electron chi connectivity index (χ4n) is 4.05. The molecule has 1 fully saturated rings. The lowest BCUT2D eigenvalue weighted by Crippen LogP contribution is -2.57. The molecular formula is C23H26F2N6O. The molecule has 2 heterocycles. The third kappa shape index (κ3) is 4.84. The van der Waals surface area contributed by atoms with Crippen LogP contribution in [0.3, 0.4) is 0 Å². The van der Waals surface area contributed by atoms with E-state index < -0.39 is 23.3 Å². The number of halogens is 2. The summed E-state index contributed by atoms with van der Waals surface area (Å²) in [5.41, 5.74) is -0.710. The molecule has 2 aromatic carbocycles. The molecule has 0 aliphatic carbocycles. The van der Waals surface area contributed by atoms with Gasteiger partial charge in [-0.2, -0.15) is 5.10 Å². The largest absolute Gasteiger partial charge is 0.381 e. The molecule has 1 N–H and O–H groups in total. The summed E-state index contributed by atoms with van der Waals surface area (Å²) in [5.74, 6) is -1.47. The van der Waals surface area contributed by atoms with Crippen molar-refractivity contribution in [2.75, 3.05) is 26.2 Å². The third-order valence-electron chi connectivity index (χ3n) is 5.98. The number of aliphatic hydroxyl groups is 1. The van der Waals surface area contributed by atoms with Crippen LogP contribution in [0.1, 0.15) is 12.5 Å². The van der Waals surface area contributed by atoms with Gasteiger partial charge in [0.25, 0.3) is 0 Å². The highest BCUT2D eigenvalue weighted by Crippen LogP contribution is 2.33. The standard InChI is InChI=1S/C23H26F2N6O/c1-18(30-11-9-29(10-12-30)17-27-20-5-3-2-4-6-20)23(32,14-31-16-26-15-28-31)21-8-7-19(24)13-22(21)25/h2-8,13,15-18,32H,9-12,14H2,1H3. The van der Waals surface area contributed by atoms with Crippen molar-refractivity contribution < 1.29 is 13.9 Å². The molecule has 9 heteroatoms. The highest BCUT2D eigenvalue weighted by atomic mass is 19.1. The topological polar surface area (TPSA) is 69.8 Å². The van der Waals surface area contributed by atoms with Crippen LogP contribution < -0.4 is 0 Å². The number of hydrogen-bond acceptors (Lipinski definition) is 5. The minimum atomic E-state index is -1.63. The Morgan fingerprint density at radius 3 is 2.53 bits per heavy atom. The van der Waals surface area contributed by atoms with Crippen LogP contribution in [0.2, 0.25) is 0 Å². The predicted molar refractivity (Wildman–Crippen MR) is 117 cm³/mol. The Labute approximate surface area is 185 Å². The Balaban J connectivity index is 1.50. The van der Waals surface area contributed by atoms with Crippen LogP contribution in [0.4, 0.5) is 14.5 Å². The molecule has 168 valence electrons. The number of hydrogen-bond donors (Lipinski definition) is 1. The van der Waals surface area contributed by atoms with Crippen molar-refractivity contribution in [3.8, 4) is 0 Å². The average Bonchev–Trinajstić information content (AvgIpc) is 3.31. The van der Waals surface area contributed by atoms with Gasteiger partial charge < -0.3 is 10.0 Å². The molecule has 4 rings (SSSR count). The van der Waals surface area contributed by atoms with Gasteiger partial charge in [-0.1, -0.05) is 24.3 Å². The summed E-state index contributed by atoms with van der Waals surface area (Å²) in [6, 6.07) is 12.5. The SMILES string of the molecule is CC(N1CCN(C=Nc2ccccc2)CC1)C(O)(Cn1cncn1)c1ccc(F)cc1F. The lowest BCUT2D eigenvalue weighted by molar-refractivity contribution is -0.0703. The van der Waals surface area contributed by atoms with Gasteiger partial charge in [0, 0.05) is 43.9 Å². The van der Waals surface area contributed by atoms with Gasteiger partial charge in [-0.25, -0.2) is 23.4 Å². The number of rotatable bonds is 7. The molecule has 1 saturated heterocycles. The first-order valence-corrected chi connectivity index (χ1v) is 10.5. The smallest absolute Gasteiger partial charge is 0.137 e. The molecule has 0 bridgehead atoms. The molecule has 32 heavy (non-hydrogen) atoms. The van der Waals surface area contributed by atoms with Crippen LogP contribution in [0.25, 0.3) is 0 Å². The van der Waals surface area contributed by atoms with E-state index in [1.807, 2.05) is 43.6 Å². The Bertz CT molecular complexity index is 1040. The molecule has 7 nitrogen and oxygen atoms in total. The highest BCUT2D eigenvalue weighted by Gasteiger charge is 2.42. The first kappa shape index (κ1) is 22.0. The molecule has 0 amide bonds. The second-order valence-corrected chi connectivity index (χ2v) is 7.97. The Hall–Kier alpha value is -3.17. The van der Waals surface area contributed by atoms with Crippen LogP contribution in [0.5, 0.6) is 0 Å². The number of para-hydroxylation sites is 1. The molecule has 2 unspecified atom stereocenters. The number of aliphatic imine (C=N–C) groups is 1. The van der Waals surface area contributed by atoms with E-state index >= 15 is 0 Å². The van der Waals surface area contributed by atoms with Crippen LogP contribution in [0, 0.1) is 11.6 Å². The van der Waals surface area contributed by atoms with E-state index in [0.29, 0.717) is 26.2 Å². The summed E-state index contributed by atoms with van der Waals surface area (Å²) in [7, 11) is 0. The van der Waals surface area contributed by atoms with Crippen molar-refractivity contribution in [3.63, 3.8) is 0 Å². The second-order valence-electron chi connectivity index (χ2n) is 7.97. The molecular weight excluding hydrogens is 414 g/mol. The molecule has 1 aromatic heterocycles. The van der Waals surface area contributed by atoms with E-state index in [1.165, 1.54) is 23.4 Å². The van der Waals surface area contributed by atoms with Crippen molar-refractivity contribution >= 4 is 12.0 Å². The van der Waals surface area contributed by atoms with Gasteiger partial charge in [0.05, 0.1) is 18.6 Å². The van der Waals surface area contributed by atoms with E-state index in [4.69, 9.17) is 0 Å². The fraction of sp³-hybridized carbons (Fsp3) is 0.348. The quantitative estimate of drug-likeness (QED) is 0.452. The van der Waals surface area contributed by atoms with Gasteiger partial charge in [0.2, 0.25) is 0 Å². The Kier molecular flexibility index (Phi) is 6.57. The predicted octanol–water partition coefficient (Wildman–Crippen LogP) is 2.81. The van der Waals surface area contributed by atoms with E-state index in [-0.39, 0.29) is 12.1 Å². The lowest BCUT2D eigenvalue weighted by atomic mass is 9.85. The van der Waals surface area contributed by atoms with Gasteiger partial charge in [-0.3, -0.25) is 4.90 Å². The van der Waals surface area contributed by atoms with E-state index in [2.05, 4.69) is 24.9 Å². The summed E-state index contributed by atoms with van der Waals surface area (Å²) in [6.07, 6.45) is 4.66. The van der Waals surface area contributed by atoms with Crippen molar-refractivity contribution in [2.24, 2.45) is 4.99 Å². The minimum Gasteiger partial charge on any atom is -0.381 e. The van der Waals surface area contributed by atoms with Crippen molar-refractivity contribution in [2.45, 2.75) is 25.1 Å². The molecule has 2 atom stereocenters. The van der Waals surface area contributed by atoms with Crippen LogP contribution >= 0.6 is 0 Å². The molecule has 0 radical (unpaired) electrons. The first-order chi connectivity index (χ1) is 15.5. The van der Waals surface area contributed by atoms with Crippen LogP contribution in [-0.2, 0) is 12.1 Å². The van der Waals surface area contributed by atoms with Crippen molar-refractivity contribution in [1.29, 1.82) is 0 Å². The number of aromatic nitrogens is 3. The van der Waals surface area contributed by atoms with Gasteiger partial charge in [-0.15, -0.1) is 0 Å². The van der Waals surface area contributed by atoms with Crippen LogP contribution in [-0.4, -0.2) is 68.2 Å². The number of benzene rings is 2. The fourth-order valence-corrected chi connectivity index (χ4v) is 4.05. The molecule has 3 aromatic rings. The van der Waals surface area contributed by atoms with Gasteiger partial charge >= 0.3 is 0 Å². The van der Waals surface area contributed by atoms with Crippen LogP contribution in [0.15, 0.2) is 66.2 Å². The molecule has 0 spiro atoms. The third-order valence-corrected chi connectivity index (χ3v) is 5.98. The van der Waals surface area contributed by atoms with Gasteiger partial charge in [0.15, 0.2) is 0 Å². The van der Waals surface area contributed by atoms with Crippen molar-refractivity contribution in [3.05, 3.63) is 78.4 Å². The molecule has 1 aliphatic heterocycles. The highest BCUT2D eigenvalue weighted by molar-refractivity contribution is 5.61. The zero-order valence-corrected chi connectivity index (χ0v) is 17.9. The molecule has 1 aliphatic rings. The Morgan fingerprint density at radius 2 is 1.88 bits per heavy atom. The van der Waals surface area contributed by atoms with Gasteiger partial charge in [-0.05, 0) is 25.1 Å². The average molecular weight is 440 g/mol. The summed E-state index contributed by atoms with van der Waals surface area (Å²) in [6.45, 7) is 4.59. The van der Waals surface area contributed by atoms with Gasteiger partial charge in [0.1, 0.15) is 29.9 Å². The lowest BCUT2D eigenvalue weighted by Gasteiger charge is -2.44. The van der Waals surface area contributed by atoms with E-state index in [9.17, 15) is 13.9 Å². The maximum atomic E-state index is 14.7. The summed E-state index contributed by atoms with van der Waals surface area (Å²) in [5, 5.41) is 15.8. The second kappa shape index (κ2) is 9.54. The maximum Gasteiger partial charge on any atom is 0.137 e. The first-order valence-electron chi connectivity index (χ1n) is 10.5. The molecule has 0 saturated carbocycles.